The molecule has 0 saturated heterocycles. The number of rotatable bonds is 4. The van der Waals surface area contributed by atoms with Crippen molar-refractivity contribution < 1.29 is 10.2 Å². The Kier molecular flexibility index (Phi) is 4.58. The van der Waals surface area contributed by atoms with E-state index < -0.39 is 11.7 Å². The third-order valence-corrected chi connectivity index (χ3v) is 3.12. The summed E-state index contributed by atoms with van der Waals surface area (Å²) in [7, 11) is 1.93. The van der Waals surface area contributed by atoms with Gasteiger partial charge in [0.2, 0.25) is 0 Å². The van der Waals surface area contributed by atoms with Crippen molar-refractivity contribution in [2.24, 2.45) is 0 Å². The first-order valence-electron chi connectivity index (χ1n) is 5.62. The van der Waals surface area contributed by atoms with Crippen molar-refractivity contribution in [2.45, 2.75) is 32.5 Å². The highest BCUT2D eigenvalue weighted by atomic mass is 79.9. The second-order valence-electron chi connectivity index (χ2n) is 5.06. The van der Waals surface area contributed by atoms with Crippen molar-refractivity contribution in [2.75, 3.05) is 18.5 Å². The maximum absolute atomic E-state index is 9.79. The van der Waals surface area contributed by atoms with Crippen molar-refractivity contribution in [1.82, 2.24) is 0 Å². The number of anilines is 1. The maximum Gasteiger partial charge on any atom is 0.0765 e. The quantitative estimate of drug-likeness (QED) is 0.899. The molecule has 96 valence electrons. The summed E-state index contributed by atoms with van der Waals surface area (Å²) in [4.78, 5) is 1.98. The Morgan fingerprint density at radius 2 is 2.00 bits per heavy atom. The first kappa shape index (κ1) is 14.5. The molecule has 17 heavy (non-hydrogen) atoms. The minimum Gasteiger partial charge on any atom is -0.389 e. The average Bonchev–Trinajstić information content (AvgIpc) is 2.14. The van der Waals surface area contributed by atoms with E-state index in [0.717, 1.165) is 15.7 Å². The zero-order valence-electron chi connectivity index (χ0n) is 10.7. The van der Waals surface area contributed by atoms with Crippen LogP contribution >= 0.6 is 15.9 Å². The molecule has 0 heterocycles. The van der Waals surface area contributed by atoms with E-state index in [1.165, 1.54) is 0 Å². The van der Waals surface area contributed by atoms with Crippen LogP contribution in [-0.2, 0) is 0 Å². The molecule has 0 aliphatic rings. The Labute approximate surface area is 111 Å². The summed E-state index contributed by atoms with van der Waals surface area (Å²) in [5, 5.41) is 19.3. The summed E-state index contributed by atoms with van der Waals surface area (Å²) in [5.74, 6) is 0. The highest BCUT2D eigenvalue weighted by Gasteiger charge is 2.17. The molecule has 0 radical (unpaired) electrons. The second-order valence-corrected chi connectivity index (χ2v) is 5.91. The molecule has 3 nitrogen and oxygen atoms in total. The summed E-state index contributed by atoms with van der Waals surface area (Å²) < 4.78 is 0.919. The van der Waals surface area contributed by atoms with Crippen molar-refractivity contribution in [3.8, 4) is 0 Å². The molecule has 0 fully saturated rings. The van der Waals surface area contributed by atoms with Crippen LogP contribution in [0.4, 0.5) is 5.69 Å². The number of halogens is 1. The van der Waals surface area contributed by atoms with E-state index in [2.05, 4.69) is 15.9 Å². The van der Waals surface area contributed by atoms with Crippen LogP contribution in [-0.4, -0.2) is 29.4 Å². The lowest BCUT2D eigenvalue weighted by molar-refractivity contribution is 0.0886. The Bertz CT molecular complexity index is 385. The SMILES string of the molecule is C[C@H](O)c1ccc(N(C)CC(C)(C)O)c(Br)c1. The molecule has 1 atom stereocenters. The monoisotopic (exact) mass is 301 g/mol. The molecule has 0 saturated carbocycles. The number of hydrogen-bond acceptors (Lipinski definition) is 3. The van der Waals surface area contributed by atoms with E-state index >= 15 is 0 Å². The summed E-state index contributed by atoms with van der Waals surface area (Å²) >= 11 is 3.49. The normalized spacial score (nSPS) is 13.6. The van der Waals surface area contributed by atoms with Crippen LogP contribution in [0.1, 0.15) is 32.4 Å². The van der Waals surface area contributed by atoms with Crippen LogP contribution in [0.25, 0.3) is 0 Å². The average molecular weight is 302 g/mol. The van der Waals surface area contributed by atoms with Crippen LogP contribution in [0.5, 0.6) is 0 Å². The van der Waals surface area contributed by atoms with Crippen molar-refractivity contribution in [1.29, 1.82) is 0 Å². The van der Waals surface area contributed by atoms with Crippen LogP contribution in [0.3, 0.4) is 0 Å². The predicted octanol–water partition coefficient (Wildman–Crippen LogP) is 2.71. The number of likely N-dealkylation sites (N-methyl/N-ethyl adjacent to an activating group) is 1. The number of nitrogens with zero attached hydrogens (tertiary/aromatic N) is 1. The van der Waals surface area contributed by atoms with Gasteiger partial charge in [0.25, 0.3) is 0 Å². The number of benzene rings is 1. The molecule has 0 aromatic heterocycles. The van der Waals surface area contributed by atoms with Crippen LogP contribution in [0.2, 0.25) is 0 Å². The van der Waals surface area contributed by atoms with Gasteiger partial charge in [-0.25, -0.2) is 0 Å². The van der Waals surface area contributed by atoms with E-state index in [1.54, 1.807) is 20.8 Å². The molecule has 1 aromatic carbocycles. The van der Waals surface area contributed by atoms with Crippen molar-refractivity contribution >= 4 is 21.6 Å². The lowest BCUT2D eigenvalue weighted by Crippen LogP contribution is -2.36. The topological polar surface area (TPSA) is 43.7 Å². The van der Waals surface area contributed by atoms with Gasteiger partial charge in [-0.2, -0.15) is 0 Å². The van der Waals surface area contributed by atoms with Gasteiger partial charge in [0.15, 0.2) is 0 Å². The van der Waals surface area contributed by atoms with Crippen LogP contribution in [0.15, 0.2) is 22.7 Å². The fraction of sp³-hybridized carbons (Fsp3) is 0.538. The lowest BCUT2D eigenvalue weighted by atomic mass is 10.1. The van der Waals surface area contributed by atoms with Gasteiger partial charge in [-0.05, 0) is 54.4 Å². The van der Waals surface area contributed by atoms with Gasteiger partial charge in [-0.3, -0.25) is 0 Å². The first-order valence-corrected chi connectivity index (χ1v) is 6.41. The van der Waals surface area contributed by atoms with Gasteiger partial charge < -0.3 is 15.1 Å². The van der Waals surface area contributed by atoms with Gasteiger partial charge in [-0.1, -0.05) is 6.07 Å². The van der Waals surface area contributed by atoms with Gasteiger partial charge in [0.1, 0.15) is 0 Å². The fourth-order valence-electron chi connectivity index (χ4n) is 1.76. The minimum atomic E-state index is -0.739. The van der Waals surface area contributed by atoms with E-state index in [9.17, 15) is 10.2 Å². The Morgan fingerprint density at radius 1 is 1.41 bits per heavy atom. The number of aliphatic hydroxyl groups excluding tert-OH is 1. The highest BCUT2D eigenvalue weighted by molar-refractivity contribution is 9.10. The molecule has 0 aliphatic carbocycles. The number of aliphatic hydroxyl groups is 2. The van der Waals surface area contributed by atoms with Crippen LogP contribution < -0.4 is 4.90 Å². The highest BCUT2D eigenvalue weighted by Crippen LogP contribution is 2.29. The molecule has 0 unspecified atom stereocenters. The van der Waals surface area contributed by atoms with Gasteiger partial charge in [0.05, 0.1) is 17.4 Å². The molecular formula is C13H20BrNO2. The maximum atomic E-state index is 9.79. The van der Waals surface area contributed by atoms with Gasteiger partial charge >= 0.3 is 0 Å². The molecule has 1 rings (SSSR count). The fourth-order valence-corrected chi connectivity index (χ4v) is 2.46. The Morgan fingerprint density at radius 3 is 2.41 bits per heavy atom. The summed E-state index contributed by atoms with van der Waals surface area (Å²) in [5.41, 5.74) is 1.13. The summed E-state index contributed by atoms with van der Waals surface area (Å²) in [6.45, 7) is 5.84. The number of hydrogen-bond donors (Lipinski definition) is 2. The molecule has 0 spiro atoms. The molecule has 0 bridgehead atoms. The second kappa shape index (κ2) is 5.38. The third-order valence-electron chi connectivity index (χ3n) is 2.49. The largest absolute Gasteiger partial charge is 0.389 e. The predicted molar refractivity (Wildman–Crippen MR) is 74.3 cm³/mol. The van der Waals surface area contributed by atoms with Gasteiger partial charge in [-0.15, -0.1) is 0 Å². The van der Waals surface area contributed by atoms with E-state index in [1.807, 2.05) is 30.1 Å². The first-order chi connectivity index (χ1) is 7.70. The van der Waals surface area contributed by atoms with Crippen molar-refractivity contribution in [3.05, 3.63) is 28.2 Å². The Balaban J connectivity index is 2.92. The summed E-state index contributed by atoms with van der Waals surface area (Å²) in [6.07, 6.45) is -0.472. The van der Waals surface area contributed by atoms with E-state index in [-0.39, 0.29) is 0 Å². The smallest absolute Gasteiger partial charge is 0.0765 e. The minimum absolute atomic E-state index is 0.472. The molecule has 1 aromatic rings. The van der Waals surface area contributed by atoms with Crippen molar-refractivity contribution in [3.63, 3.8) is 0 Å². The zero-order valence-corrected chi connectivity index (χ0v) is 12.3. The zero-order chi connectivity index (χ0) is 13.2. The van der Waals surface area contributed by atoms with E-state index in [4.69, 9.17) is 0 Å². The Hall–Kier alpha value is -0.580. The molecule has 2 N–H and O–H groups in total. The van der Waals surface area contributed by atoms with E-state index in [0.29, 0.717) is 6.54 Å². The molecular weight excluding hydrogens is 282 g/mol. The third kappa shape index (κ3) is 4.30. The molecule has 4 heteroatoms. The standard InChI is InChI=1S/C13H20BrNO2/c1-9(16)10-5-6-12(11(14)7-10)15(4)8-13(2,3)17/h5-7,9,16-17H,8H2,1-4H3/t9-/m0/s1. The molecule has 0 aliphatic heterocycles. The van der Waals surface area contributed by atoms with Gasteiger partial charge in [0, 0.05) is 18.1 Å². The van der Waals surface area contributed by atoms with Crippen LogP contribution in [0, 0.1) is 0 Å². The summed E-state index contributed by atoms with van der Waals surface area (Å²) in [6, 6.07) is 5.74. The molecule has 0 amide bonds. The lowest BCUT2D eigenvalue weighted by Gasteiger charge is -2.28.